The molecule has 1 rings (SSSR count). The Hall–Kier alpha value is -2.86. The van der Waals surface area contributed by atoms with Crippen LogP contribution in [-0.4, -0.2) is 46.1 Å². The first-order valence-electron chi connectivity index (χ1n) is 10.5. The van der Waals surface area contributed by atoms with E-state index in [1.807, 2.05) is 40.8 Å². The molecule has 0 amide bonds. The van der Waals surface area contributed by atoms with Crippen molar-refractivity contribution in [1.29, 1.82) is 5.41 Å². The van der Waals surface area contributed by atoms with Crippen molar-refractivity contribution in [3.05, 3.63) is 65.6 Å². The fourth-order valence-corrected chi connectivity index (χ4v) is 3.46. The van der Waals surface area contributed by atoms with Crippen LogP contribution in [0, 0.1) is 12.3 Å². The minimum absolute atomic E-state index is 0.127. The summed E-state index contributed by atoms with van der Waals surface area (Å²) in [6, 6.07) is 0.272. The number of hydrogen-bond acceptors (Lipinski definition) is 5. The fourth-order valence-electron chi connectivity index (χ4n) is 3.46. The summed E-state index contributed by atoms with van der Waals surface area (Å²) in [6.45, 7) is 25.1. The number of allylic oxidation sites excluding steroid dienone is 6. The SMILES string of the molecule is C=C/C(C(=C)C)=C(/N)CN(C[C@H](C)Oc1c(/C(C=N)=C/C(=C)C)c(C)nn1C)C(C)C. The highest BCUT2D eigenvalue weighted by Gasteiger charge is 2.22. The lowest BCUT2D eigenvalue weighted by Gasteiger charge is -2.30. The predicted octanol–water partition coefficient (Wildman–Crippen LogP) is 4.79. The highest BCUT2D eigenvalue weighted by atomic mass is 16.5. The molecule has 0 radical (unpaired) electrons. The molecule has 0 aliphatic heterocycles. The van der Waals surface area contributed by atoms with Gasteiger partial charge in [-0.05, 0) is 52.7 Å². The average Bonchev–Trinajstić information content (AvgIpc) is 2.92. The van der Waals surface area contributed by atoms with E-state index in [2.05, 4.69) is 43.6 Å². The van der Waals surface area contributed by atoms with Crippen LogP contribution in [0.3, 0.4) is 0 Å². The summed E-state index contributed by atoms with van der Waals surface area (Å²) < 4.78 is 8.07. The summed E-state index contributed by atoms with van der Waals surface area (Å²) in [5.41, 5.74) is 12.1. The third-order valence-electron chi connectivity index (χ3n) is 4.93. The van der Waals surface area contributed by atoms with Gasteiger partial charge in [-0.25, -0.2) is 4.68 Å². The van der Waals surface area contributed by atoms with Gasteiger partial charge in [-0.1, -0.05) is 37.5 Å². The number of ether oxygens (including phenoxy) is 1. The third-order valence-corrected chi connectivity index (χ3v) is 4.93. The second-order valence-corrected chi connectivity index (χ2v) is 8.35. The molecule has 6 heteroatoms. The van der Waals surface area contributed by atoms with Gasteiger partial charge < -0.3 is 15.9 Å². The topological polar surface area (TPSA) is 80.2 Å². The van der Waals surface area contributed by atoms with E-state index in [-0.39, 0.29) is 12.1 Å². The standard InChI is InChI=1S/C25H39N5O/c1-11-22(17(4)5)23(27)15-30(18(6)7)14-19(8)31-25-24(20(9)28-29(25)10)21(13-26)12-16(2)3/h11-13,18-19,26H,1-2,4,14-15,27H2,3,5-10H3/b21-12+,23-22-,26-13?/t19-/m0/s1. The zero-order chi connectivity index (χ0) is 23.9. The maximum atomic E-state index is 7.85. The van der Waals surface area contributed by atoms with Crippen LogP contribution in [0.15, 0.2) is 54.3 Å². The molecule has 0 saturated carbocycles. The van der Waals surface area contributed by atoms with E-state index in [0.717, 1.165) is 39.2 Å². The van der Waals surface area contributed by atoms with E-state index < -0.39 is 0 Å². The minimum Gasteiger partial charge on any atom is -0.473 e. The van der Waals surface area contributed by atoms with Crippen LogP contribution in [0.1, 0.15) is 45.9 Å². The van der Waals surface area contributed by atoms with Crippen LogP contribution >= 0.6 is 0 Å². The fraction of sp³-hybridized carbons (Fsp3) is 0.440. The smallest absolute Gasteiger partial charge is 0.220 e. The summed E-state index contributed by atoms with van der Waals surface area (Å²) in [5, 5.41) is 12.4. The van der Waals surface area contributed by atoms with Gasteiger partial charge >= 0.3 is 0 Å². The van der Waals surface area contributed by atoms with Crippen molar-refractivity contribution in [2.75, 3.05) is 13.1 Å². The largest absolute Gasteiger partial charge is 0.473 e. The maximum absolute atomic E-state index is 7.85. The Morgan fingerprint density at radius 2 is 1.90 bits per heavy atom. The van der Waals surface area contributed by atoms with Gasteiger partial charge in [0.05, 0.1) is 11.3 Å². The molecule has 0 aliphatic rings. The van der Waals surface area contributed by atoms with Crippen LogP contribution in [0.25, 0.3) is 5.57 Å². The first-order valence-corrected chi connectivity index (χ1v) is 10.5. The zero-order valence-corrected chi connectivity index (χ0v) is 20.2. The Morgan fingerprint density at radius 1 is 1.29 bits per heavy atom. The Bertz CT molecular complexity index is 901. The van der Waals surface area contributed by atoms with Gasteiger partial charge in [0, 0.05) is 43.7 Å². The van der Waals surface area contributed by atoms with Gasteiger partial charge in [0.15, 0.2) is 0 Å². The summed E-state index contributed by atoms with van der Waals surface area (Å²) in [4.78, 5) is 2.26. The van der Waals surface area contributed by atoms with Crippen LogP contribution in [0.4, 0.5) is 0 Å². The van der Waals surface area contributed by atoms with Crippen molar-refractivity contribution in [1.82, 2.24) is 14.7 Å². The van der Waals surface area contributed by atoms with E-state index in [1.54, 1.807) is 10.8 Å². The monoisotopic (exact) mass is 425 g/mol. The van der Waals surface area contributed by atoms with Gasteiger partial charge in [-0.15, -0.1) is 0 Å². The molecular weight excluding hydrogens is 386 g/mol. The predicted molar refractivity (Wildman–Crippen MR) is 133 cm³/mol. The van der Waals surface area contributed by atoms with Crippen molar-refractivity contribution in [3.63, 3.8) is 0 Å². The summed E-state index contributed by atoms with van der Waals surface area (Å²) in [6.07, 6.45) is 4.82. The summed E-state index contributed by atoms with van der Waals surface area (Å²) in [5.74, 6) is 0.641. The Morgan fingerprint density at radius 3 is 2.35 bits per heavy atom. The molecule has 31 heavy (non-hydrogen) atoms. The van der Waals surface area contributed by atoms with Gasteiger partial charge in [0.25, 0.3) is 0 Å². The second kappa shape index (κ2) is 11.5. The van der Waals surface area contributed by atoms with Gasteiger partial charge in [0.1, 0.15) is 6.10 Å². The van der Waals surface area contributed by atoms with E-state index in [0.29, 0.717) is 19.0 Å². The number of hydrogen-bond donors (Lipinski definition) is 2. The Balaban J connectivity index is 3.17. The number of rotatable bonds is 12. The first kappa shape index (κ1) is 26.2. The molecule has 0 saturated heterocycles. The molecule has 6 nitrogen and oxygen atoms in total. The molecule has 1 aromatic rings. The summed E-state index contributed by atoms with van der Waals surface area (Å²) in [7, 11) is 1.85. The molecule has 0 fully saturated rings. The Kier molecular flexibility index (Phi) is 9.72. The van der Waals surface area contributed by atoms with Crippen molar-refractivity contribution in [2.24, 2.45) is 12.8 Å². The van der Waals surface area contributed by atoms with Crippen LogP contribution < -0.4 is 10.5 Å². The molecule has 0 spiro atoms. The van der Waals surface area contributed by atoms with Crippen molar-refractivity contribution >= 4 is 11.8 Å². The van der Waals surface area contributed by atoms with E-state index >= 15 is 0 Å². The number of nitrogens with two attached hydrogens (primary N) is 1. The normalized spacial score (nSPS) is 13.8. The zero-order valence-electron chi connectivity index (χ0n) is 20.2. The van der Waals surface area contributed by atoms with Crippen molar-refractivity contribution in [3.8, 4) is 5.88 Å². The molecule has 1 atom stereocenters. The van der Waals surface area contributed by atoms with E-state index in [4.69, 9.17) is 15.9 Å². The molecular formula is C25H39N5O. The quantitative estimate of drug-likeness (QED) is 0.373. The van der Waals surface area contributed by atoms with E-state index in [1.165, 1.54) is 6.21 Å². The van der Waals surface area contributed by atoms with Crippen molar-refractivity contribution in [2.45, 2.75) is 53.7 Å². The number of aromatic nitrogens is 2. The highest BCUT2D eigenvalue weighted by molar-refractivity contribution is 6.10. The Labute approximate surface area is 188 Å². The number of nitrogens with one attached hydrogen (secondary N) is 1. The number of nitrogens with zero attached hydrogens (tertiary/aromatic N) is 3. The molecule has 0 aliphatic carbocycles. The summed E-state index contributed by atoms with van der Waals surface area (Å²) >= 11 is 0. The van der Waals surface area contributed by atoms with Crippen LogP contribution in [0.2, 0.25) is 0 Å². The van der Waals surface area contributed by atoms with Gasteiger partial charge in [0.2, 0.25) is 5.88 Å². The average molecular weight is 426 g/mol. The van der Waals surface area contributed by atoms with Gasteiger partial charge in [-0.2, -0.15) is 5.10 Å². The third kappa shape index (κ3) is 7.10. The number of aryl methyl sites for hydroxylation is 2. The lowest BCUT2D eigenvalue weighted by Crippen LogP contribution is -2.41. The van der Waals surface area contributed by atoms with Crippen LogP contribution in [-0.2, 0) is 7.05 Å². The molecule has 0 unspecified atom stereocenters. The van der Waals surface area contributed by atoms with Gasteiger partial charge in [-0.3, -0.25) is 4.90 Å². The van der Waals surface area contributed by atoms with Crippen LogP contribution in [0.5, 0.6) is 5.88 Å². The molecule has 1 aromatic heterocycles. The maximum Gasteiger partial charge on any atom is 0.220 e. The molecule has 0 bridgehead atoms. The highest BCUT2D eigenvalue weighted by Crippen LogP contribution is 2.30. The van der Waals surface area contributed by atoms with E-state index in [9.17, 15) is 0 Å². The minimum atomic E-state index is -0.127. The first-order chi connectivity index (χ1) is 14.4. The molecule has 3 N–H and O–H groups in total. The van der Waals surface area contributed by atoms with Crippen molar-refractivity contribution < 1.29 is 4.74 Å². The lowest BCUT2D eigenvalue weighted by molar-refractivity contribution is 0.123. The lowest BCUT2D eigenvalue weighted by atomic mass is 10.1. The molecule has 0 aromatic carbocycles. The second-order valence-electron chi connectivity index (χ2n) is 8.35. The molecule has 1 heterocycles. The molecule has 170 valence electrons.